The Bertz CT molecular complexity index is 1410. The molecular weight excluding hydrogens is 504 g/mol. The van der Waals surface area contributed by atoms with E-state index in [2.05, 4.69) is 4.90 Å². The molecule has 3 aromatic rings. The maximum absolute atomic E-state index is 14.0. The minimum Gasteiger partial charge on any atom is -0.503 e. The smallest absolute Gasteiger partial charge is 0.290 e. The Morgan fingerprint density at radius 1 is 1.00 bits per heavy atom. The normalized spacial score (nSPS) is 18.2. The number of Topliss-reactive ketones (excluding diaryl/α,β-unsaturated/α-hetero) is 1. The van der Waals surface area contributed by atoms with E-state index >= 15 is 0 Å². The van der Waals surface area contributed by atoms with E-state index in [9.17, 15) is 14.7 Å². The lowest BCUT2D eigenvalue weighted by Crippen LogP contribution is -2.39. The highest BCUT2D eigenvalue weighted by Gasteiger charge is 2.45. The van der Waals surface area contributed by atoms with Gasteiger partial charge in [0.25, 0.3) is 5.91 Å². The van der Waals surface area contributed by atoms with Crippen molar-refractivity contribution in [3.05, 3.63) is 65.1 Å². The Hall–Kier alpha value is -4.02. The number of aliphatic hydroxyl groups is 1. The summed E-state index contributed by atoms with van der Waals surface area (Å²) < 4.78 is 27.9. The van der Waals surface area contributed by atoms with Crippen molar-refractivity contribution in [1.29, 1.82) is 0 Å². The molecule has 1 saturated heterocycles. The van der Waals surface area contributed by atoms with E-state index in [4.69, 9.17) is 23.4 Å². The van der Waals surface area contributed by atoms with Gasteiger partial charge in [-0.05, 0) is 24.6 Å². The van der Waals surface area contributed by atoms with Gasteiger partial charge in [-0.25, -0.2) is 0 Å². The summed E-state index contributed by atoms with van der Waals surface area (Å²) in [7, 11) is 4.53. The third kappa shape index (κ3) is 4.93. The predicted octanol–water partition coefficient (Wildman–Crippen LogP) is 3.76. The van der Waals surface area contributed by atoms with Gasteiger partial charge in [0.15, 0.2) is 34.4 Å². The van der Waals surface area contributed by atoms with Crippen LogP contribution in [0.2, 0.25) is 0 Å². The summed E-state index contributed by atoms with van der Waals surface area (Å²) in [5.41, 5.74) is 0.860. The van der Waals surface area contributed by atoms with Gasteiger partial charge in [0, 0.05) is 37.1 Å². The minimum atomic E-state index is -0.908. The number of carbonyl (C=O) groups excluding carboxylic acids is 2. The molecule has 10 nitrogen and oxygen atoms in total. The Balaban J connectivity index is 1.54. The highest BCUT2D eigenvalue weighted by Crippen LogP contribution is 2.45. The molecule has 0 spiro atoms. The van der Waals surface area contributed by atoms with E-state index in [1.807, 2.05) is 0 Å². The van der Waals surface area contributed by atoms with E-state index in [0.29, 0.717) is 60.0 Å². The predicted molar refractivity (Wildman–Crippen MR) is 143 cm³/mol. The van der Waals surface area contributed by atoms with Gasteiger partial charge in [0.05, 0.1) is 46.2 Å². The van der Waals surface area contributed by atoms with Crippen LogP contribution in [0.15, 0.2) is 58.2 Å². The zero-order valence-electron chi connectivity index (χ0n) is 22.3. The van der Waals surface area contributed by atoms with Crippen LogP contribution in [0.1, 0.15) is 28.6 Å². The van der Waals surface area contributed by atoms with Gasteiger partial charge >= 0.3 is 0 Å². The summed E-state index contributed by atoms with van der Waals surface area (Å²) in [6.07, 6.45) is 0.644. The van der Waals surface area contributed by atoms with Gasteiger partial charge in [0.2, 0.25) is 5.78 Å². The zero-order valence-corrected chi connectivity index (χ0v) is 22.3. The number of morpholine rings is 1. The number of hydrogen-bond acceptors (Lipinski definition) is 9. The van der Waals surface area contributed by atoms with Crippen LogP contribution in [-0.2, 0) is 9.53 Å². The molecule has 1 atom stereocenters. The number of benzene rings is 2. The third-order valence-electron chi connectivity index (χ3n) is 7.21. The number of fused-ring (bicyclic) bond motifs is 1. The van der Waals surface area contributed by atoms with E-state index < -0.39 is 23.5 Å². The molecule has 1 N–H and O–H groups in total. The number of para-hydroxylation sites is 2. The number of rotatable bonds is 10. The number of carbonyl (C=O) groups is 2. The molecule has 0 bridgehead atoms. The first-order chi connectivity index (χ1) is 19.0. The maximum Gasteiger partial charge on any atom is 0.290 e. The molecule has 2 aliphatic heterocycles. The molecule has 0 radical (unpaired) electrons. The molecule has 2 aromatic carbocycles. The summed E-state index contributed by atoms with van der Waals surface area (Å²) in [4.78, 5) is 31.2. The third-order valence-corrected chi connectivity index (χ3v) is 7.21. The van der Waals surface area contributed by atoms with Gasteiger partial charge in [-0.2, -0.15) is 0 Å². The monoisotopic (exact) mass is 536 g/mol. The molecule has 0 aliphatic carbocycles. The maximum atomic E-state index is 14.0. The van der Waals surface area contributed by atoms with Crippen LogP contribution in [0, 0.1) is 0 Å². The zero-order chi connectivity index (χ0) is 27.5. The quantitative estimate of drug-likeness (QED) is 0.387. The summed E-state index contributed by atoms with van der Waals surface area (Å²) in [5.74, 6) is -0.527. The summed E-state index contributed by atoms with van der Waals surface area (Å²) >= 11 is 0. The average molecular weight is 537 g/mol. The van der Waals surface area contributed by atoms with Crippen molar-refractivity contribution in [2.75, 3.05) is 60.7 Å². The summed E-state index contributed by atoms with van der Waals surface area (Å²) in [5, 5.41) is 11.8. The number of furan rings is 1. The number of nitrogens with zero attached hydrogens (tertiary/aromatic N) is 2. The fourth-order valence-corrected chi connectivity index (χ4v) is 5.30. The second kappa shape index (κ2) is 11.4. The molecule has 2 aliphatic rings. The number of amides is 1. The molecule has 3 heterocycles. The fraction of sp³-hybridized carbons (Fsp3) is 0.379. The number of hydrogen-bond donors (Lipinski definition) is 1. The van der Waals surface area contributed by atoms with E-state index in [1.54, 1.807) is 42.5 Å². The second-order valence-corrected chi connectivity index (χ2v) is 9.37. The Morgan fingerprint density at radius 2 is 1.72 bits per heavy atom. The van der Waals surface area contributed by atoms with E-state index in [-0.39, 0.29) is 11.3 Å². The molecule has 206 valence electrons. The highest BCUT2D eigenvalue weighted by molar-refractivity contribution is 6.16. The Labute approximate surface area is 226 Å². The standard InChI is InChI=1S/C29H32N2O8/c1-35-20-9-4-7-18-17-22(39-27(18)20)25(32)23-24(19-8-5-10-21(36-2)28(19)37-3)31(29(34)26(23)33)12-6-11-30-13-15-38-16-14-30/h4-5,7-10,17,24,33H,6,11-16H2,1-3H3/t24-/m1/s1. The second-order valence-electron chi connectivity index (χ2n) is 9.37. The molecule has 0 saturated carbocycles. The van der Waals surface area contributed by atoms with Crippen LogP contribution in [0.5, 0.6) is 17.2 Å². The molecule has 1 fully saturated rings. The first kappa shape index (κ1) is 26.6. The topological polar surface area (TPSA) is 111 Å². The fourth-order valence-electron chi connectivity index (χ4n) is 5.30. The van der Waals surface area contributed by atoms with Gasteiger partial charge in [0.1, 0.15) is 0 Å². The summed E-state index contributed by atoms with van der Waals surface area (Å²) in [6.45, 7) is 4.07. The summed E-state index contributed by atoms with van der Waals surface area (Å²) in [6, 6.07) is 11.3. The lowest BCUT2D eigenvalue weighted by molar-refractivity contribution is -0.129. The van der Waals surface area contributed by atoms with Crippen LogP contribution >= 0.6 is 0 Å². The SMILES string of the molecule is COc1cccc([C@@H]2C(C(=O)c3cc4cccc(OC)c4o3)=C(O)C(=O)N2CCCN2CCOCC2)c1OC. The number of methoxy groups -OCH3 is 3. The van der Waals surface area contributed by atoms with Crippen molar-refractivity contribution in [2.24, 2.45) is 0 Å². The van der Waals surface area contributed by atoms with Crippen molar-refractivity contribution in [1.82, 2.24) is 9.80 Å². The van der Waals surface area contributed by atoms with E-state index in [0.717, 1.165) is 19.6 Å². The molecule has 5 rings (SSSR count). The lowest BCUT2D eigenvalue weighted by atomic mass is 9.94. The minimum absolute atomic E-state index is 0.00844. The van der Waals surface area contributed by atoms with Crippen molar-refractivity contribution in [3.8, 4) is 17.2 Å². The van der Waals surface area contributed by atoms with Crippen LogP contribution in [0.25, 0.3) is 11.0 Å². The highest BCUT2D eigenvalue weighted by atomic mass is 16.5. The average Bonchev–Trinajstić information content (AvgIpc) is 3.52. The van der Waals surface area contributed by atoms with Crippen LogP contribution in [0.3, 0.4) is 0 Å². The largest absolute Gasteiger partial charge is 0.503 e. The van der Waals surface area contributed by atoms with Crippen LogP contribution in [-0.4, -0.2) is 87.3 Å². The number of ether oxygens (including phenoxy) is 4. The van der Waals surface area contributed by atoms with Crippen molar-refractivity contribution < 1.29 is 38.1 Å². The molecule has 10 heteroatoms. The molecule has 0 unspecified atom stereocenters. The number of ketones is 1. The van der Waals surface area contributed by atoms with Crippen LogP contribution < -0.4 is 14.2 Å². The molecular formula is C29H32N2O8. The van der Waals surface area contributed by atoms with Gasteiger partial charge in [-0.3, -0.25) is 14.5 Å². The Morgan fingerprint density at radius 3 is 2.44 bits per heavy atom. The van der Waals surface area contributed by atoms with Gasteiger partial charge < -0.3 is 33.4 Å². The number of aliphatic hydroxyl groups excluding tert-OH is 1. The van der Waals surface area contributed by atoms with Crippen molar-refractivity contribution >= 4 is 22.7 Å². The molecule has 1 aromatic heterocycles. The first-order valence-corrected chi connectivity index (χ1v) is 12.8. The van der Waals surface area contributed by atoms with Crippen molar-refractivity contribution in [3.63, 3.8) is 0 Å². The lowest BCUT2D eigenvalue weighted by Gasteiger charge is -2.30. The van der Waals surface area contributed by atoms with Gasteiger partial charge in [-0.1, -0.05) is 24.3 Å². The van der Waals surface area contributed by atoms with Gasteiger partial charge in [-0.15, -0.1) is 0 Å². The first-order valence-electron chi connectivity index (χ1n) is 12.8. The molecule has 1 amide bonds. The van der Waals surface area contributed by atoms with E-state index in [1.165, 1.54) is 26.2 Å². The molecule has 39 heavy (non-hydrogen) atoms. The van der Waals surface area contributed by atoms with Crippen LogP contribution in [0.4, 0.5) is 0 Å². The van der Waals surface area contributed by atoms with Crippen molar-refractivity contribution in [2.45, 2.75) is 12.5 Å². The Kier molecular flexibility index (Phi) is 7.76.